The van der Waals surface area contributed by atoms with Gasteiger partial charge in [-0.05, 0) is 35.9 Å². The Morgan fingerprint density at radius 3 is 2.55 bits per heavy atom. The third-order valence-corrected chi connectivity index (χ3v) is 4.32. The molecule has 2 aromatic carbocycles. The first-order valence-electron chi connectivity index (χ1n) is 8.63. The summed E-state index contributed by atoms with van der Waals surface area (Å²) < 4.78 is 0. The van der Waals surface area contributed by atoms with Crippen LogP contribution in [0.1, 0.15) is 32.1 Å². The van der Waals surface area contributed by atoms with E-state index in [1.807, 2.05) is 6.07 Å². The highest BCUT2D eigenvalue weighted by atomic mass is 35.5. The molecule has 1 heterocycles. The van der Waals surface area contributed by atoms with Crippen LogP contribution >= 0.6 is 11.6 Å². The Kier molecular flexibility index (Phi) is 6.21. The normalized spacial score (nSPS) is 10.7. The summed E-state index contributed by atoms with van der Waals surface area (Å²) in [7, 11) is 1.44. The van der Waals surface area contributed by atoms with Crippen molar-refractivity contribution in [2.45, 2.75) is 0 Å². The number of benzene rings is 2. The van der Waals surface area contributed by atoms with Gasteiger partial charge in [0, 0.05) is 18.9 Å². The second-order valence-corrected chi connectivity index (χ2v) is 6.39. The van der Waals surface area contributed by atoms with E-state index < -0.39 is 11.5 Å². The summed E-state index contributed by atoms with van der Waals surface area (Å²) in [6.07, 6.45) is 4.55. The molecular formula is C21H17ClN4O3. The summed E-state index contributed by atoms with van der Waals surface area (Å²) in [5.74, 6) is -0.517. The minimum absolute atomic E-state index is 0.0612. The van der Waals surface area contributed by atoms with Gasteiger partial charge >= 0.3 is 0 Å². The zero-order chi connectivity index (χ0) is 20.8. The lowest BCUT2D eigenvalue weighted by atomic mass is 10.1. The molecule has 0 aliphatic carbocycles. The smallest absolute Gasteiger partial charge is 0.263 e. The highest BCUT2D eigenvalue weighted by Gasteiger charge is 2.10. The largest absolute Gasteiger partial charge is 0.355 e. The average Bonchev–Trinajstić information content (AvgIpc) is 2.72. The van der Waals surface area contributed by atoms with Crippen molar-refractivity contribution < 1.29 is 9.59 Å². The third kappa shape index (κ3) is 4.97. The predicted molar refractivity (Wildman–Crippen MR) is 113 cm³/mol. The van der Waals surface area contributed by atoms with Gasteiger partial charge in [0.2, 0.25) is 0 Å². The molecule has 0 saturated heterocycles. The number of amides is 2. The van der Waals surface area contributed by atoms with Crippen LogP contribution in [0.5, 0.6) is 0 Å². The van der Waals surface area contributed by atoms with Crippen LogP contribution in [-0.4, -0.2) is 28.8 Å². The van der Waals surface area contributed by atoms with E-state index in [2.05, 4.69) is 20.6 Å². The Labute approximate surface area is 171 Å². The van der Waals surface area contributed by atoms with Crippen LogP contribution in [0.4, 0.5) is 5.69 Å². The van der Waals surface area contributed by atoms with Crippen LogP contribution in [0.25, 0.3) is 12.2 Å². The Bertz CT molecular complexity index is 1150. The number of aromatic amines is 1. The number of nitrogens with zero attached hydrogens (tertiary/aromatic N) is 1. The maximum absolute atomic E-state index is 12.4. The molecule has 7 nitrogen and oxygen atoms in total. The summed E-state index contributed by atoms with van der Waals surface area (Å²) in [5.41, 5.74) is 1.16. The molecule has 3 rings (SSSR count). The molecule has 0 bridgehead atoms. The van der Waals surface area contributed by atoms with Crippen LogP contribution in [0.15, 0.2) is 59.5 Å². The third-order valence-electron chi connectivity index (χ3n) is 3.99. The topological polar surface area (TPSA) is 104 Å². The minimum Gasteiger partial charge on any atom is -0.355 e. The summed E-state index contributed by atoms with van der Waals surface area (Å²) in [5, 5.41) is 5.55. The van der Waals surface area contributed by atoms with Gasteiger partial charge in [0.15, 0.2) is 0 Å². The summed E-state index contributed by atoms with van der Waals surface area (Å²) >= 11 is 6.05. The van der Waals surface area contributed by atoms with Gasteiger partial charge in [0.05, 0.1) is 10.6 Å². The van der Waals surface area contributed by atoms with E-state index in [4.69, 9.17) is 11.6 Å². The van der Waals surface area contributed by atoms with Gasteiger partial charge in [-0.25, -0.2) is 4.98 Å². The first-order chi connectivity index (χ1) is 14.0. The number of hydrogen-bond donors (Lipinski definition) is 3. The van der Waals surface area contributed by atoms with Crippen LogP contribution in [0.2, 0.25) is 5.02 Å². The quantitative estimate of drug-likeness (QED) is 0.603. The van der Waals surface area contributed by atoms with E-state index in [9.17, 15) is 14.4 Å². The number of rotatable bonds is 5. The fourth-order valence-electron chi connectivity index (χ4n) is 2.53. The van der Waals surface area contributed by atoms with Gasteiger partial charge in [-0.2, -0.15) is 0 Å². The van der Waals surface area contributed by atoms with E-state index >= 15 is 0 Å². The number of halogens is 1. The number of hydrogen-bond acceptors (Lipinski definition) is 4. The number of anilines is 1. The van der Waals surface area contributed by atoms with Gasteiger partial charge in [0.1, 0.15) is 11.4 Å². The predicted octanol–water partition coefficient (Wildman–Crippen LogP) is 3.21. The fraction of sp³-hybridized carbons (Fsp3) is 0.0476. The zero-order valence-electron chi connectivity index (χ0n) is 15.4. The van der Waals surface area contributed by atoms with Gasteiger partial charge < -0.3 is 15.6 Å². The van der Waals surface area contributed by atoms with Crippen molar-refractivity contribution in [1.82, 2.24) is 15.3 Å². The molecule has 29 heavy (non-hydrogen) atoms. The molecular weight excluding hydrogens is 392 g/mol. The Hall–Kier alpha value is -3.71. The van der Waals surface area contributed by atoms with Crippen molar-refractivity contribution in [3.63, 3.8) is 0 Å². The molecule has 0 saturated carbocycles. The van der Waals surface area contributed by atoms with Crippen molar-refractivity contribution in [2.75, 3.05) is 12.4 Å². The molecule has 0 atom stereocenters. The number of carbonyl (C=O) groups is 2. The van der Waals surface area contributed by atoms with Crippen molar-refractivity contribution >= 4 is 41.3 Å². The molecule has 0 fully saturated rings. The summed E-state index contributed by atoms with van der Waals surface area (Å²) in [4.78, 5) is 42.5. The Morgan fingerprint density at radius 2 is 1.83 bits per heavy atom. The van der Waals surface area contributed by atoms with Crippen molar-refractivity contribution in [3.05, 3.63) is 92.6 Å². The molecule has 146 valence electrons. The van der Waals surface area contributed by atoms with E-state index in [0.717, 1.165) is 5.56 Å². The monoisotopic (exact) mass is 408 g/mol. The number of carbonyl (C=O) groups excluding carboxylic acids is 2. The Balaban J connectivity index is 1.75. The summed E-state index contributed by atoms with van der Waals surface area (Å²) in [6.45, 7) is 0. The van der Waals surface area contributed by atoms with E-state index in [0.29, 0.717) is 22.1 Å². The van der Waals surface area contributed by atoms with Crippen molar-refractivity contribution in [2.24, 2.45) is 0 Å². The molecule has 1 aromatic heterocycles. The van der Waals surface area contributed by atoms with Crippen molar-refractivity contribution in [1.29, 1.82) is 0 Å². The molecule has 3 N–H and O–H groups in total. The molecule has 0 unspecified atom stereocenters. The van der Waals surface area contributed by atoms with E-state index in [1.165, 1.54) is 13.2 Å². The van der Waals surface area contributed by atoms with Crippen LogP contribution < -0.4 is 16.2 Å². The molecule has 0 radical (unpaired) electrons. The summed E-state index contributed by atoms with van der Waals surface area (Å²) in [6, 6.07) is 13.9. The lowest BCUT2D eigenvalue weighted by Gasteiger charge is -2.07. The molecule has 0 aliphatic heterocycles. The lowest BCUT2D eigenvalue weighted by molar-refractivity contribution is 0.0960. The number of nitrogens with one attached hydrogen (secondary N) is 3. The maximum Gasteiger partial charge on any atom is 0.263 e. The van der Waals surface area contributed by atoms with Gasteiger partial charge in [0.25, 0.3) is 17.4 Å². The zero-order valence-corrected chi connectivity index (χ0v) is 16.2. The van der Waals surface area contributed by atoms with Crippen LogP contribution in [0.3, 0.4) is 0 Å². The van der Waals surface area contributed by atoms with E-state index in [1.54, 1.807) is 54.6 Å². The standard InChI is InChI=1S/C21H17ClN4O3/c1-23-19(27)16-12-24-18(26-21(16)29)10-9-13-5-4-6-14(11-13)25-20(28)15-7-2-3-8-17(15)22/h2-12H,1H3,(H,23,27)(H,25,28)(H,24,26,29). The molecule has 0 aliphatic rings. The highest BCUT2D eigenvalue weighted by Crippen LogP contribution is 2.18. The van der Waals surface area contributed by atoms with Crippen LogP contribution in [0, 0.1) is 0 Å². The van der Waals surface area contributed by atoms with Gasteiger partial charge in [-0.15, -0.1) is 0 Å². The van der Waals surface area contributed by atoms with Crippen LogP contribution in [-0.2, 0) is 0 Å². The molecule has 3 aromatic rings. The first-order valence-corrected chi connectivity index (χ1v) is 9.01. The molecule has 0 spiro atoms. The SMILES string of the molecule is CNC(=O)c1cnc(C=Cc2cccc(NC(=O)c3ccccc3Cl)c2)[nH]c1=O. The second kappa shape index (κ2) is 8.99. The average molecular weight is 409 g/mol. The Morgan fingerprint density at radius 1 is 1.03 bits per heavy atom. The van der Waals surface area contributed by atoms with Crippen molar-refractivity contribution in [3.8, 4) is 0 Å². The first kappa shape index (κ1) is 20.0. The molecule has 2 amide bonds. The number of aromatic nitrogens is 2. The number of H-pyrrole nitrogens is 1. The van der Waals surface area contributed by atoms with Gasteiger partial charge in [-0.1, -0.05) is 41.9 Å². The molecule has 8 heteroatoms. The highest BCUT2D eigenvalue weighted by molar-refractivity contribution is 6.34. The minimum atomic E-state index is -0.528. The lowest BCUT2D eigenvalue weighted by Crippen LogP contribution is -2.27. The fourth-order valence-corrected chi connectivity index (χ4v) is 2.75. The van der Waals surface area contributed by atoms with Gasteiger partial charge in [-0.3, -0.25) is 14.4 Å². The van der Waals surface area contributed by atoms with E-state index in [-0.39, 0.29) is 11.5 Å². The second-order valence-electron chi connectivity index (χ2n) is 5.98. The maximum atomic E-state index is 12.4.